The van der Waals surface area contributed by atoms with Gasteiger partial charge in [0.2, 0.25) is 23.7 Å². The number of carbonyl (C=O) groups is 6. The number of likely N-dealkylation sites (N-methyl/N-ethyl adjacent to an activating group) is 1. The fourth-order valence-electron chi connectivity index (χ4n) is 7.13. The average molecular weight is 1000 g/mol. The summed E-state index contributed by atoms with van der Waals surface area (Å²) in [5.41, 5.74) is 13.4. The van der Waals surface area contributed by atoms with Crippen LogP contribution >= 0.6 is 22.6 Å². The van der Waals surface area contributed by atoms with Gasteiger partial charge in [0.1, 0.15) is 17.8 Å². The lowest BCUT2D eigenvalue weighted by atomic mass is 10.1. The van der Waals surface area contributed by atoms with Crippen LogP contribution in [0.3, 0.4) is 0 Å². The number of nitrogen functional groups attached to an aromatic ring is 1. The van der Waals surface area contributed by atoms with Crippen molar-refractivity contribution in [2.45, 2.75) is 88.8 Å². The zero-order chi connectivity index (χ0) is 46.6. The molecule has 1 aliphatic heterocycles. The van der Waals surface area contributed by atoms with Crippen LogP contribution in [0.5, 0.6) is 0 Å². The van der Waals surface area contributed by atoms with Crippen LogP contribution < -0.4 is 48.5 Å². The van der Waals surface area contributed by atoms with Gasteiger partial charge in [0.25, 0.3) is 11.5 Å². The van der Waals surface area contributed by atoms with Crippen molar-refractivity contribution in [1.29, 1.82) is 0 Å². The number of unbranched alkanes of at least 4 members (excludes halogenated alkanes) is 3. The van der Waals surface area contributed by atoms with Crippen LogP contribution in [0, 0.1) is 3.57 Å². The molecule has 1 aromatic heterocycles. The molecule has 0 fully saturated rings. The number of hydrogen-bond acceptors (Lipinski definition) is 13. The second-order valence-electron chi connectivity index (χ2n) is 15.5. The van der Waals surface area contributed by atoms with Crippen molar-refractivity contribution in [3.8, 4) is 0 Å². The van der Waals surface area contributed by atoms with E-state index in [9.17, 15) is 43.8 Å². The van der Waals surface area contributed by atoms with Gasteiger partial charge >= 0.3 is 11.9 Å². The number of benzene rings is 2. The molecule has 0 spiro atoms. The van der Waals surface area contributed by atoms with Gasteiger partial charge in [-0.25, -0.2) is 9.59 Å². The van der Waals surface area contributed by atoms with Crippen LogP contribution in [0.2, 0.25) is 0 Å². The van der Waals surface area contributed by atoms with Gasteiger partial charge in [-0.05, 0) is 129 Å². The summed E-state index contributed by atoms with van der Waals surface area (Å²) >= 11 is 2.26. The molecule has 3 atom stereocenters. The summed E-state index contributed by atoms with van der Waals surface area (Å²) in [7, 11) is 1.77. The zero-order valence-electron chi connectivity index (χ0n) is 36.0. The van der Waals surface area contributed by atoms with Gasteiger partial charge < -0.3 is 58.1 Å². The minimum atomic E-state index is -1.42. The number of rotatable bonds is 27. The first-order valence-corrected chi connectivity index (χ1v) is 22.5. The number of hydrogen-bond donors (Lipinski definition) is 10. The lowest BCUT2D eigenvalue weighted by Crippen LogP contribution is -2.49. The van der Waals surface area contributed by atoms with Crippen LogP contribution in [0.25, 0.3) is 0 Å². The minimum Gasteiger partial charge on any atom is -0.480 e. The van der Waals surface area contributed by atoms with Gasteiger partial charge in [-0.3, -0.25) is 29.0 Å². The van der Waals surface area contributed by atoms with E-state index in [4.69, 9.17) is 11.5 Å². The van der Waals surface area contributed by atoms with Gasteiger partial charge in [-0.2, -0.15) is 4.98 Å². The smallest absolute Gasteiger partial charge is 0.326 e. The number of nitrogens with one attached hydrogen (secondary N) is 6. The molecule has 0 aliphatic carbocycles. The van der Waals surface area contributed by atoms with Crippen molar-refractivity contribution in [2.75, 3.05) is 67.6 Å². The Balaban J connectivity index is 1.18. The molecule has 0 unspecified atom stereocenters. The zero-order valence-corrected chi connectivity index (χ0v) is 38.2. The standard InChI is InChI=1S/C43H60IN11O9/c1-54-31(25-50-38-37(54)40(60)53-43(46)52-38)24-48-30-17-13-28(14-18-30)39(59)51-32(41(61)62)19-20-35(57)49-26-36(58)55(23-7-5-21-45)33(42(63)64)9-4-6-22-47-34(56)10-3-2-8-27-11-15-29(44)16-12-27/h11-18,31-33,48H,2-10,19-26,45H2,1H3,(H,47,56)(H,49,57)(H,51,59)(H,61,62)(H,63,64)(H4,46,50,52,53,60)/t31-,32+,33+/m1/s1. The maximum atomic E-state index is 13.4. The third-order valence-electron chi connectivity index (χ3n) is 10.8. The first-order valence-electron chi connectivity index (χ1n) is 21.4. The number of amides is 4. The third kappa shape index (κ3) is 16.3. The van der Waals surface area contributed by atoms with Gasteiger partial charge in [0.15, 0.2) is 5.82 Å². The second kappa shape index (κ2) is 26.0. The second-order valence-corrected chi connectivity index (χ2v) is 16.8. The van der Waals surface area contributed by atoms with E-state index < -0.39 is 48.3 Å². The molecule has 2 heterocycles. The number of carbonyl (C=O) groups excluding carboxylic acids is 4. The number of aryl methyl sites for hydroxylation is 1. The van der Waals surface area contributed by atoms with Gasteiger partial charge in [0.05, 0.1) is 12.6 Å². The molecule has 2 aromatic carbocycles. The van der Waals surface area contributed by atoms with Crippen LogP contribution in [0.15, 0.2) is 53.3 Å². The van der Waals surface area contributed by atoms with E-state index >= 15 is 0 Å². The van der Waals surface area contributed by atoms with Crippen molar-refractivity contribution in [3.05, 3.63) is 73.6 Å². The number of fused-ring (bicyclic) bond motifs is 1. The summed E-state index contributed by atoms with van der Waals surface area (Å²) in [4.78, 5) is 98.0. The van der Waals surface area contributed by atoms with Crippen molar-refractivity contribution in [1.82, 2.24) is 30.8 Å². The molecule has 4 rings (SSSR count). The monoisotopic (exact) mass is 1000 g/mol. The number of anilines is 4. The van der Waals surface area contributed by atoms with Gasteiger partial charge in [-0.1, -0.05) is 12.1 Å². The molecule has 1 aliphatic rings. The van der Waals surface area contributed by atoms with Crippen molar-refractivity contribution >= 4 is 81.3 Å². The third-order valence-corrected chi connectivity index (χ3v) is 11.5. The summed E-state index contributed by atoms with van der Waals surface area (Å²) in [6.45, 7) is 1.22. The average Bonchev–Trinajstić information content (AvgIpc) is 3.26. The number of carboxylic acids is 2. The highest BCUT2D eigenvalue weighted by atomic mass is 127. The molecule has 0 saturated carbocycles. The summed E-state index contributed by atoms with van der Waals surface area (Å²) in [5.74, 6) is -4.17. The van der Waals surface area contributed by atoms with E-state index in [-0.39, 0.29) is 54.8 Å². The molecule has 64 heavy (non-hydrogen) atoms. The van der Waals surface area contributed by atoms with Crippen LogP contribution in [-0.2, 0) is 30.4 Å². The maximum absolute atomic E-state index is 13.4. The summed E-state index contributed by atoms with van der Waals surface area (Å²) in [5, 5.41) is 34.1. The van der Waals surface area contributed by atoms with Crippen LogP contribution in [0.1, 0.15) is 80.1 Å². The summed E-state index contributed by atoms with van der Waals surface area (Å²) in [6, 6.07) is 11.9. The molecular weight excluding hydrogens is 941 g/mol. The maximum Gasteiger partial charge on any atom is 0.326 e. The number of nitrogens with zero attached hydrogens (tertiary/aromatic N) is 3. The predicted molar refractivity (Wildman–Crippen MR) is 251 cm³/mol. The Morgan fingerprint density at radius 3 is 2.31 bits per heavy atom. The molecule has 0 bridgehead atoms. The Labute approximate surface area is 385 Å². The summed E-state index contributed by atoms with van der Waals surface area (Å²) < 4.78 is 1.17. The predicted octanol–water partition coefficient (Wildman–Crippen LogP) is 2.10. The number of aliphatic carboxylic acids is 2. The SMILES string of the molecule is CN1c2c(nc(N)[nH]c2=O)NC[C@H]1CNc1ccc(C(=O)N[C@@H](CCC(=O)NCC(=O)N(CCCCN)[C@@H](CCCCNC(=O)CCCCc2ccc(I)cc2)C(=O)O)C(=O)O)cc1. The van der Waals surface area contributed by atoms with E-state index in [1.54, 1.807) is 24.1 Å². The first-order chi connectivity index (χ1) is 30.7. The van der Waals surface area contributed by atoms with Crippen molar-refractivity contribution < 1.29 is 39.0 Å². The molecule has 4 amide bonds. The molecule has 21 heteroatoms. The molecule has 348 valence electrons. The molecule has 0 saturated heterocycles. The highest BCUT2D eigenvalue weighted by Crippen LogP contribution is 2.25. The minimum absolute atomic E-state index is 0.0136. The largest absolute Gasteiger partial charge is 0.480 e. The number of nitrogens with two attached hydrogens (primary N) is 2. The van der Waals surface area contributed by atoms with E-state index in [1.807, 2.05) is 0 Å². The highest BCUT2D eigenvalue weighted by molar-refractivity contribution is 14.1. The molecular formula is C43H60IN11O9. The van der Waals surface area contributed by atoms with Crippen molar-refractivity contribution in [2.24, 2.45) is 5.73 Å². The van der Waals surface area contributed by atoms with Gasteiger partial charge in [-0.15, -0.1) is 0 Å². The Bertz CT molecular complexity index is 2100. The first kappa shape index (κ1) is 50.7. The molecule has 12 N–H and O–H groups in total. The van der Waals surface area contributed by atoms with E-state index in [0.717, 1.165) is 19.3 Å². The summed E-state index contributed by atoms with van der Waals surface area (Å²) in [6.07, 6.45) is 4.37. The Morgan fingerprint density at radius 2 is 1.62 bits per heavy atom. The quantitative estimate of drug-likeness (QED) is 0.0387. The number of H-pyrrole nitrogens is 1. The van der Waals surface area contributed by atoms with E-state index in [2.05, 4.69) is 83.4 Å². The lowest BCUT2D eigenvalue weighted by molar-refractivity contribution is -0.150. The lowest BCUT2D eigenvalue weighted by Gasteiger charge is -2.35. The molecule has 20 nitrogen and oxygen atoms in total. The Hall–Kier alpha value is -5.97. The number of halogens is 1. The van der Waals surface area contributed by atoms with Crippen molar-refractivity contribution in [3.63, 3.8) is 0 Å². The van der Waals surface area contributed by atoms with Crippen LogP contribution in [-0.4, -0.2) is 125 Å². The molecule has 3 aromatic rings. The number of aromatic amines is 1. The Morgan fingerprint density at radius 1 is 0.906 bits per heavy atom. The fraction of sp³-hybridized carbons (Fsp3) is 0.488. The van der Waals surface area contributed by atoms with Crippen LogP contribution in [0.4, 0.5) is 23.1 Å². The fourth-order valence-corrected chi connectivity index (χ4v) is 7.49. The normalized spacial score (nSPS) is 14.0. The number of carboxylic acid groups (broad SMARTS) is 2. The van der Waals surface area contributed by atoms with Gasteiger partial charge in [0, 0.05) is 60.9 Å². The van der Waals surface area contributed by atoms with E-state index in [1.165, 1.54) is 26.2 Å². The molecule has 0 radical (unpaired) electrons. The highest BCUT2D eigenvalue weighted by Gasteiger charge is 2.30. The number of aromatic nitrogens is 2. The Kier molecular flexibility index (Phi) is 20.6. The topological polar surface area (TPSA) is 307 Å². The van der Waals surface area contributed by atoms with E-state index in [0.29, 0.717) is 75.5 Å².